The lowest BCUT2D eigenvalue weighted by Gasteiger charge is -2.07. The lowest BCUT2D eigenvalue weighted by atomic mass is 10.0. The minimum absolute atomic E-state index is 0.327. The summed E-state index contributed by atoms with van der Waals surface area (Å²) in [5.41, 5.74) is 2.87. The van der Waals surface area contributed by atoms with Crippen molar-refractivity contribution in [2.24, 2.45) is 0 Å². The fourth-order valence-corrected chi connectivity index (χ4v) is 1.97. The predicted octanol–water partition coefficient (Wildman–Crippen LogP) is 3.50. The van der Waals surface area contributed by atoms with Crippen LogP contribution in [0, 0.1) is 6.92 Å². The number of aryl methyl sites for hydroxylation is 1. The highest BCUT2D eigenvalue weighted by Gasteiger charge is 2.12. The van der Waals surface area contributed by atoms with E-state index in [-0.39, 0.29) is 0 Å². The normalized spacial score (nSPS) is 10.2. The Morgan fingerprint density at radius 3 is 2.67 bits per heavy atom. The van der Waals surface area contributed by atoms with Gasteiger partial charge in [-0.2, -0.15) is 0 Å². The van der Waals surface area contributed by atoms with Gasteiger partial charge >= 0.3 is 5.97 Å². The van der Waals surface area contributed by atoms with Gasteiger partial charge in [0.1, 0.15) is 0 Å². The van der Waals surface area contributed by atoms with Crippen molar-refractivity contribution in [2.75, 3.05) is 7.11 Å². The van der Waals surface area contributed by atoms with Crippen LogP contribution in [0.25, 0.3) is 11.1 Å². The summed E-state index contributed by atoms with van der Waals surface area (Å²) in [4.78, 5) is 15.6. The molecule has 4 heteroatoms. The van der Waals surface area contributed by atoms with E-state index in [0.29, 0.717) is 10.7 Å². The zero-order valence-electron chi connectivity index (χ0n) is 10.1. The molecule has 0 aliphatic rings. The van der Waals surface area contributed by atoms with Crippen LogP contribution in [0.2, 0.25) is 5.02 Å². The SMILES string of the molecule is COC(=O)c1ncc(-c2ccccc2Cl)cc1C. The largest absolute Gasteiger partial charge is 0.464 e. The summed E-state index contributed by atoms with van der Waals surface area (Å²) in [5.74, 6) is -0.432. The van der Waals surface area contributed by atoms with Gasteiger partial charge in [-0.25, -0.2) is 9.78 Å². The van der Waals surface area contributed by atoms with Gasteiger partial charge in [0, 0.05) is 22.3 Å². The Bertz CT molecular complexity index is 596. The molecule has 2 rings (SSSR count). The average Bonchev–Trinajstić information content (AvgIpc) is 2.38. The fraction of sp³-hybridized carbons (Fsp3) is 0.143. The molecule has 3 nitrogen and oxygen atoms in total. The number of rotatable bonds is 2. The van der Waals surface area contributed by atoms with Gasteiger partial charge in [0.25, 0.3) is 0 Å². The van der Waals surface area contributed by atoms with Crippen LogP contribution < -0.4 is 0 Å². The van der Waals surface area contributed by atoms with Crippen molar-refractivity contribution in [3.05, 3.63) is 52.8 Å². The molecule has 2 aromatic rings. The summed E-state index contributed by atoms with van der Waals surface area (Å²) in [6.45, 7) is 1.82. The van der Waals surface area contributed by atoms with Crippen LogP contribution >= 0.6 is 11.6 Å². The molecule has 0 spiro atoms. The number of pyridine rings is 1. The Morgan fingerprint density at radius 1 is 1.33 bits per heavy atom. The van der Waals surface area contributed by atoms with Crippen molar-refractivity contribution in [1.29, 1.82) is 0 Å². The number of carbonyl (C=O) groups is 1. The highest BCUT2D eigenvalue weighted by atomic mass is 35.5. The Morgan fingerprint density at radius 2 is 2.06 bits per heavy atom. The van der Waals surface area contributed by atoms with E-state index >= 15 is 0 Å². The van der Waals surface area contributed by atoms with Crippen LogP contribution in [0.5, 0.6) is 0 Å². The zero-order chi connectivity index (χ0) is 13.1. The second-order valence-electron chi connectivity index (χ2n) is 3.86. The Labute approximate surface area is 110 Å². The molecule has 1 heterocycles. The first-order valence-electron chi connectivity index (χ1n) is 5.43. The lowest BCUT2D eigenvalue weighted by molar-refractivity contribution is 0.0593. The minimum Gasteiger partial charge on any atom is -0.464 e. The summed E-state index contributed by atoms with van der Waals surface area (Å²) in [5, 5.41) is 0.657. The molecule has 0 N–H and O–H groups in total. The number of ether oxygens (including phenoxy) is 1. The van der Waals surface area contributed by atoms with Crippen molar-refractivity contribution in [3.8, 4) is 11.1 Å². The van der Waals surface area contributed by atoms with Crippen LogP contribution in [0.3, 0.4) is 0 Å². The van der Waals surface area contributed by atoms with E-state index in [0.717, 1.165) is 16.7 Å². The van der Waals surface area contributed by atoms with E-state index in [1.54, 1.807) is 6.20 Å². The third kappa shape index (κ3) is 2.36. The number of halogens is 1. The molecular formula is C14H12ClNO2. The first-order valence-corrected chi connectivity index (χ1v) is 5.81. The number of esters is 1. The van der Waals surface area contributed by atoms with Crippen molar-refractivity contribution in [1.82, 2.24) is 4.98 Å². The van der Waals surface area contributed by atoms with Crippen molar-refractivity contribution in [2.45, 2.75) is 6.92 Å². The molecule has 0 saturated heterocycles. The standard InChI is InChI=1S/C14H12ClNO2/c1-9-7-10(8-16-13(9)14(17)18-2)11-5-3-4-6-12(11)15/h3-8H,1-2H3. The van der Waals surface area contributed by atoms with Gasteiger partial charge < -0.3 is 4.74 Å². The summed E-state index contributed by atoms with van der Waals surface area (Å²) in [7, 11) is 1.34. The van der Waals surface area contributed by atoms with Gasteiger partial charge in [-0.15, -0.1) is 0 Å². The summed E-state index contributed by atoms with van der Waals surface area (Å²) in [6, 6.07) is 9.39. The van der Waals surface area contributed by atoms with Gasteiger partial charge in [-0.3, -0.25) is 0 Å². The molecule has 0 amide bonds. The number of hydrogen-bond acceptors (Lipinski definition) is 3. The second-order valence-corrected chi connectivity index (χ2v) is 4.27. The van der Waals surface area contributed by atoms with E-state index in [1.165, 1.54) is 7.11 Å². The quantitative estimate of drug-likeness (QED) is 0.777. The molecule has 0 atom stereocenters. The van der Waals surface area contributed by atoms with Gasteiger partial charge in [0.2, 0.25) is 0 Å². The number of hydrogen-bond donors (Lipinski definition) is 0. The maximum Gasteiger partial charge on any atom is 0.356 e. The first-order chi connectivity index (χ1) is 8.63. The van der Waals surface area contributed by atoms with Gasteiger partial charge in [-0.05, 0) is 24.6 Å². The molecular weight excluding hydrogens is 250 g/mol. The maximum absolute atomic E-state index is 11.4. The molecule has 0 radical (unpaired) electrons. The highest BCUT2D eigenvalue weighted by molar-refractivity contribution is 6.33. The molecule has 92 valence electrons. The van der Waals surface area contributed by atoms with Gasteiger partial charge in [-0.1, -0.05) is 29.8 Å². The molecule has 18 heavy (non-hydrogen) atoms. The van der Waals surface area contributed by atoms with Crippen molar-refractivity contribution >= 4 is 17.6 Å². The van der Waals surface area contributed by atoms with E-state index < -0.39 is 5.97 Å². The van der Waals surface area contributed by atoms with E-state index in [4.69, 9.17) is 11.6 Å². The van der Waals surface area contributed by atoms with Crippen molar-refractivity contribution < 1.29 is 9.53 Å². The minimum atomic E-state index is -0.432. The third-order valence-electron chi connectivity index (χ3n) is 2.64. The maximum atomic E-state index is 11.4. The monoisotopic (exact) mass is 261 g/mol. The average molecular weight is 262 g/mol. The number of aromatic nitrogens is 1. The van der Waals surface area contributed by atoms with E-state index in [1.807, 2.05) is 37.3 Å². The molecule has 0 unspecified atom stereocenters. The third-order valence-corrected chi connectivity index (χ3v) is 2.97. The topological polar surface area (TPSA) is 39.2 Å². The summed E-state index contributed by atoms with van der Waals surface area (Å²) >= 11 is 6.12. The van der Waals surface area contributed by atoms with Crippen LogP contribution in [0.4, 0.5) is 0 Å². The molecule has 0 aliphatic heterocycles. The number of methoxy groups -OCH3 is 1. The highest BCUT2D eigenvalue weighted by Crippen LogP contribution is 2.28. The number of nitrogens with zero attached hydrogens (tertiary/aromatic N) is 1. The zero-order valence-corrected chi connectivity index (χ0v) is 10.9. The van der Waals surface area contributed by atoms with Crippen LogP contribution in [0.15, 0.2) is 36.5 Å². The van der Waals surface area contributed by atoms with Crippen LogP contribution in [0.1, 0.15) is 16.1 Å². The first kappa shape index (κ1) is 12.6. The second kappa shape index (κ2) is 5.19. The number of benzene rings is 1. The van der Waals surface area contributed by atoms with Crippen LogP contribution in [-0.4, -0.2) is 18.1 Å². The molecule has 0 aliphatic carbocycles. The Hall–Kier alpha value is -1.87. The number of carbonyl (C=O) groups excluding carboxylic acids is 1. The fourth-order valence-electron chi connectivity index (χ4n) is 1.73. The van der Waals surface area contributed by atoms with Crippen molar-refractivity contribution in [3.63, 3.8) is 0 Å². The molecule has 1 aromatic carbocycles. The molecule has 1 aromatic heterocycles. The van der Waals surface area contributed by atoms with Gasteiger partial charge in [0.05, 0.1) is 7.11 Å². The molecule has 0 bridgehead atoms. The predicted molar refractivity (Wildman–Crippen MR) is 70.8 cm³/mol. The lowest BCUT2D eigenvalue weighted by Crippen LogP contribution is -2.06. The van der Waals surface area contributed by atoms with E-state index in [2.05, 4.69) is 9.72 Å². The van der Waals surface area contributed by atoms with E-state index in [9.17, 15) is 4.79 Å². The van der Waals surface area contributed by atoms with Crippen LogP contribution in [-0.2, 0) is 4.74 Å². The van der Waals surface area contributed by atoms with Gasteiger partial charge in [0.15, 0.2) is 5.69 Å². The smallest absolute Gasteiger partial charge is 0.356 e. The Kier molecular flexibility index (Phi) is 3.63. The summed E-state index contributed by atoms with van der Waals surface area (Å²) in [6.07, 6.45) is 1.63. The summed E-state index contributed by atoms with van der Waals surface area (Å²) < 4.78 is 4.66. The Balaban J connectivity index is 2.47. The molecule has 0 fully saturated rings. The molecule has 0 saturated carbocycles.